The van der Waals surface area contributed by atoms with Gasteiger partial charge in [0.1, 0.15) is 0 Å². The van der Waals surface area contributed by atoms with Crippen molar-refractivity contribution in [3.63, 3.8) is 0 Å². The minimum absolute atomic E-state index is 0.315. The normalized spacial score (nSPS) is 19.4. The molecule has 1 aliphatic rings. The van der Waals surface area contributed by atoms with Crippen molar-refractivity contribution in [1.82, 2.24) is 5.32 Å². The fourth-order valence-electron chi connectivity index (χ4n) is 1.71. The van der Waals surface area contributed by atoms with E-state index >= 15 is 0 Å². The van der Waals surface area contributed by atoms with Gasteiger partial charge in [-0.2, -0.15) is 0 Å². The second kappa shape index (κ2) is 5.82. The van der Waals surface area contributed by atoms with Gasteiger partial charge in [0.2, 0.25) is 0 Å². The Bertz CT molecular complexity index is 336. The highest BCUT2D eigenvalue weighted by Crippen LogP contribution is 2.10. The maximum atomic E-state index is 5.50. The van der Waals surface area contributed by atoms with Gasteiger partial charge in [-0.15, -0.1) is 0 Å². The first-order valence-electron chi connectivity index (χ1n) is 5.56. The van der Waals surface area contributed by atoms with Crippen molar-refractivity contribution in [2.75, 3.05) is 18.5 Å². The number of rotatable bonds is 3. The summed E-state index contributed by atoms with van der Waals surface area (Å²) in [4.78, 5) is 0. The van der Waals surface area contributed by atoms with Crippen LogP contribution in [0, 0.1) is 0 Å². The smallest absolute Gasteiger partial charge is 0.170 e. The Hall–Kier alpha value is -1.13. The first-order valence-corrected chi connectivity index (χ1v) is 5.97. The molecule has 86 valence electrons. The molecule has 0 spiro atoms. The highest BCUT2D eigenvalue weighted by Gasteiger charge is 2.15. The van der Waals surface area contributed by atoms with Gasteiger partial charge in [-0.1, -0.05) is 18.2 Å². The lowest BCUT2D eigenvalue weighted by Crippen LogP contribution is -2.34. The van der Waals surface area contributed by atoms with Crippen LogP contribution in [-0.2, 0) is 4.74 Å². The molecule has 0 aromatic heterocycles. The predicted molar refractivity (Wildman–Crippen MR) is 69.6 cm³/mol. The molecule has 2 rings (SSSR count). The Labute approximate surface area is 101 Å². The van der Waals surface area contributed by atoms with Crippen LogP contribution in [0.5, 0.6) is 0 Å². The van der Waals surface area contributed by atoms with E-state index in [-0.39, 0.29) is 0 Å². The summed E-state index contributed by atoms with van der Waals surface area (Å²) in [6.07, 6.45) is 2.60. The quantitative estimate of drug-likeness (QED) is 0.788. The molecule has 1 saturated heterocycles. The van der Waals surface area contributed by atoms with E-state index in [4.69, 9.17) is 17.0 Å². The molecule has 0 unspecified atom stereocenters. The maximum Gasteiger partial charge on any atom is 0.170 e. The Morgan fingerprint density at radius 1 is 1.38 bits per heavy atom. The van der Waals surface area contributed by atoms with E-state index < -0.39 is 0 Å². The summed E-state index contributed by atoms with van der Waals surface area (Å²) in [6.45, 7) is 1.67. The molecule has 2 N–H and O–H groups in total. The number of para-hydroxylation sites is 1. The lowest BCUT2D eigenvalue weighted by atomic mass is 10.2. The SMILES string of the molecule is S=C(NC[C@H]1CCCO1)Nc1ccccc1. The van der Waals surface area contributed by atoms with Gasteiger partial charge in [-0.3, -0.25) is 0 Å². The standard InChI is InChI=1S/C12H16N2OS/c16-12(13-9-11-7-4-8-15-11)14-10-5-2-1-3-6-10/h1-3,5-6,11H,4,7-9H2,(H2,13,14,16)/t11-/m1/s1. The molecule has 1 fully saturated rings. The number of ether oxygens (including phenoxy) is 1. The fraction of sp³-hybridized carbons (Fsp3) is 0.417. The van der Waals surface area contributed by atoms with Gasteiger partial charge < -0.3 is 15.4 Å². The van der Waals surface area contributed by atoms with Crippen molar-refractivity contribution in [1.29, 1.82) is 0 Å². The van der Waals surface area contributed by atoms with Crippen LogP contribution in [0.4, 0.5) is 5.69 Å². The second-order valence-electron chi connectivity index (χ2n) is 3.84. The van der Waals surface area contributed by atoms with Crippen molar-refractivity contribution in [2.24, 2.45) is 0 Å². The van der Waals surface area contributed by atoms with E-state index in [9.17, 15) is 0 Å². The zero-order valence-corrected chi connectivity index (χ0v) is 9.93. The minimum Gasteiger partial charge on any atom is -0.376 e. The molecule has 16 heavy (non-hydrogen) atoms. The summed E-state index contributed by atoms with van der Waals surface area (Å²) in [5.74, 6) is 0. The molecule has 1 aromatic rings. The average Bonchev–Trinajstić information content (AvgIpc) is 2.81. The van der Waals surface area contributed by atoms with Gasteiger partial charge >= 0.3 is 0 Å². The molecule has 1 atom stereocenters. The zero-order valence-electron chi connectivity index (χ0n) is 9.11. The third-order valence-electron chi connectivity index (χ3n) is 2.55. The van der Waals surface area contributed by atoms with E-state index in [0.29, 0.717) is 11.2 Å². The van der Waals surface area contributed by atoms with E-state index in [2.05, 4.69) is 10.6 Å². The highest BCUT2D eigenvalue weighted by molar-refractivity contribution is 7.80. The molecule has 1 heterocycles. The Morgan fingerprint density at radius 2 is 2.19 bits per heavy atom. The van der Waals surface area contributed by atoms with Crippen LogP contribution in [-0.4, -0.2) is 24.4 Å². The average molecular weight is 236 g/mol. The van der Waals surface area contributed by atoms with Crippen LogP contribution in [0.1, 0.15) is 12.8 Å². The van der Waals surface area contributed by atoms with Crippen molar-refractivity contribution in [3.05, 3.63) is 30.3 Å². The van der Waals surface area contributed by atoms with Gasteiger partial charge in [-0.25, -0.2) is 0 Å². The third-order valence-corrected chi connectivity index (χ3v) is 2.79. The molecule has 0 aliphatic carbocycles. The topological polar surface area (TPSA) is 33.3 Å². The summed E-state index contributed by atoms with van der Waals surface area (Å²) < 4.78 is 5.50. The molecule has 1 aliphatic heterocycles. The first-order chi connectivity index (χ1) is 7.84. The first kappa shape index (κ1) is 11.4. The van der Waals surface area contributed by atoms with Crippen LogP contribution in [0.15, 0.2) is 30.3 Å². The molecular weight excluding hydrogens is 220 g/mol. The van der Waals surface area contributed by atoms with E-state index in [1.165, 1.54) is 0 Å². The Kier molecular flexibility index (Phi) is 4.13. The van der Waals surface area contributed by atoms with Crippen molar-refractivity contribution >= 4 is 23.0 Å². The molecule has 1 aromatic carbocycles. The third kappa shape index (κ3) is 3.47. The summed E-state index contributed by atoms with van der Waals surface area (Å²) in [5.41, 5.74) is 1.01. The summed E-state index contributed by atoms with van der Waals surface area (Å²) in [7, 11) is 0. The van der Waals surface area contributed by atoms with Crippen LogP contribution in [0.3, 0.4) is 0 Å². The predicted octanol–water partition coefficient (Wildman–Crippen LogP) is 2.15. The molecule has 0 amide bonds. The van der Waals surface area contributed by atoms with Crippen molar-refractivity contribution in [3.8, 4) is 0 Å². The fourth-order valence-corrected chi connectivity index (χ4v) is 1.91. The maximum absolute atomic E-state index is 5.50. The van der Waals surface area contributed by atoms with Gasteiger partial charge in [0.05, 0.1) is 6.10 Å². The van der Waals surface area contributed by atoms with Crippen molar-refractivity contribution < 1.29 is 4.74 Å². The monoisotopic (exact) mass is 236 g/mol. The summed E-state index contributed by atoms with van der Waals surface area (Å²) >= 11 is 5.19. The Morgan fingerprint density at radius 3 is 2.88 bits per heavy atom. The zero-order chi connectivity index (χ0) is 11.2. The van der Waals surface area contributed by atoms with E-state index in [0.717, 1.165) is 31.7 Å². The Balaban J connectivity index is 1.72. The van der Waals surface area contributed by atoms with E-state index in [1.807, 2.05) is 30.3 Å². The number of hydrogen-bond donors (Lipinski definition) is 2. The van der Waals surface area contributed by atoms with E-state index in [1.54, 1.807) is 0 Å². The van der Waals surface area contributed by atoms with Crippen LogP contribution in [0.2, 0.25) is 0 Å². The molecule has 3 nitrogen and oxygen atoms in total. The number of anilines is 1. The highest BCUT2D eigenvalue weighted by atomic mass is 32.1. The van der Waals surface area contributed by atoms with Crippen LogP contribution < -0.4 is 10.6 Å². The van der Waals surface area contributed by atoms with Gasteiger partial charge in [0.25, 0.3) is 0 Å². The summed E-state index contributed by atoms with van der Waals surface area (Å²) in [6, 6.07) is 9.91. The minimum atomic E-state index is 0.315. The molecule has 4 heteroatoms. The lowest BCUT2D eigenvalue weighted by molar-refractivity contribution is 0.114. The number of hydrogen-bond acceptors (Lipinski definition) is 2. The molecular formula is C12H16N2OS. The molecule has 0 saturated carbocycles. The summed E-state index contributed by atoms with van der Waals surface area (Å²) in [5, 5.41) is 6.95. The second-order valence-corrected chi connectivity index (χ2v) is 4.24. The van der Waals surface area contributed by atoms with Gasteiger partial charge in [0, 0.05) is 18.8 Å². The molecule has 0 bridgehead atoms. The number of thiocarbonyl (C=S) groups is 1. The van der Waals surface area contributed by atoms with Crippen LogP contribution in [0.25, 0.3) is 0 Å². The number of nitrogens with one attached hydrogen (secondary N) is 2. The van der Waals surface area contributed by atoms with Gasteiger partial charge in [-0.05, 0) is 37.2 Å². The van der Waals surface area contributed by atoms with Crippen molar-refractivity contribution in [2.45, 2.75) is 18.9 Å². The van der Waals surface area contributed by atoms with Crippen LogP contribution >= 0.6 is 12.2 Å². The lowest BCUT2D eigenvalue weighted by Gasteiger charge is -2.13. The molecule has 0 radical (unpaired) electrons. The van der Waals surface area contributed by atoms with Gasteiger partial charge in [0.15, 0.2) is 5.11 Å². The largest absolute Gasteiger partial charge is 0.376 e. The number of benzene rings is 1.